The van der Waals surface area contributed by atoms with Crippen molar-refractivity contribution in [1.29, 1.82) is 0 Å². The van der Waals surface area contributed by atoms with Gasteiger partial charge < -0.3 is 15.1 Å². The molecule has 0 bridgehead atoms. The van der Waals surface area contributed by atoms with E-state index >= 15 is 0 Å². The van der Waals surface area contributed by atoms with E-state index in [4.69, 9.17) is 15.1 Å². The van der Waals surface area contributed by atoms with E-state index in [0.29, 0.717) is 0 Å². The van der Waals surface area contributed by atoms with Crippen molar-refractivity contribution < 1.29 is 25.8 Å². The van der Waals surface area contributed by atoms with Gasteiger partial charge in [0.1, 0.15) is 0 Å². The molecule has 0 aromatic carbocycles. The van der Waals surface area contributed by atoms with Crippen LogP contribution in [0.3, 0.4) is 0 Å². The van der Waals surface area contributed by atoms with E-state index in [-0.39, 0.29) is 0 Å². The zero-order valence-corrected chi connectivity index (χ0v) is 8.74. The summed E-state index contributed by atoms with van der Waals surface area (Å²) in [7, 11) is -2.03. The summed E-state index contributed by atoms with van der Waals surface area (Å²) in [4.78, 5) is 0. The Morgan fingerprint density at radius 1 is 1.14 bits per heavy atom. The van der Waals surface area contributed by atoms with Crippen LogP contribution in [0.1, 0.15) is 0 Å². The first-order chi connectivity index (χ1) is 3.15. The second-order valence-corrected chi connectivity index (χ2v) is 12.3. The van der Waals surface area contributed by atoms with Gasteiger partial charge in [0.05, 0.1) is 0 Å². The summed E-state index contributed by atoms with van der Waals surface area (Å²) < 4.78 is 0. The first kappa shape index (κ1) is 11.8. The van der Waals surface area contributed by atoms with Crippen molar-refractivity contribution in [1.82, 2.24) is 0 Å². The Kier molecular flexibility index (Phi) is 18.5. The van der Waals surface area contributed by atoms with Gasteiger partial charge in [-0.15, -0.1) is 0 Å². The van der Waals surface area contributed by atoms with Gasteiger partial charge in [0.15, 0.2) is 0 Å². The van der Waals surface area contributed by atoms with E-state index in [9.17, 15) is 0 Å². The Balaban J connectivity index is 0. The molecule has 0 radical (unpaired) electrons. The van der Waals surface area contributed by atoms with Crippen LogP contribution in [-0.2, 0) is 10.8 Å². The Morgan fingerprint density at radius 2 is 1.14 bits per heavy atom. The van der Waals surface area contributed by atoms with Crippen LogP contribution in [0.5, 0.6) is 0 Å². The molecule has 0 aromatic heterocycles. The molecule has 45 valence electrons. The Hall–Kier alpha value is 2.07. The molecule has 0 fully saturated rings. The van der Waals surface area contributed by atoms with Crippen molar-refractivity contribution in [2.45, 2.75) is 0 Å². The molecule has 7 heavy (non-hydrogen) atoms. The molecular weight excluding hydrogens is 419 g/mol. The van der Waals surface area contributed by atoms with Crippen molar-refractivity contribution in [2.75, 3.05) is 0 Å². The second kappa shape index (κ2) is 10.9. The third-order valence-electron chi connectivity index (χ3n) is 0. The first-order valence-electron chi connectivity index (χ1n) is 0.946. The van der Waals surface area contributed by atoms with Crippen LogP contribution in [-0.4, -0.2) is 7.32 Å². The van der Waals surface area contributed by atoms with Gasteiger partial charge in [-0.3, -0.25) is 7.32 Å². The molecule has 0 unspecified atom stereocenters. The molecule has 0 heterocycles. The third kappa shape index (κ3) is 69.5. The van der Waals surface area contributed by atoms with Gasteiger partial charge in [0, 0.05) is 0 Å². The van der Waals surface area contributed by atoms with Crippen LogP contribution in [0, 0.1) is 0 Å². The zero-order valence-electron chi connectivity index (χ0n) is 2.87. The van der Waals surface area contributed by atoms with Gasteiger partial charge >= 0.3 is 49.8 Å². The molecule has 0 spiro atoms. The van der Waals surface area contributed by atoms with Crippen LogP contribution in [0.2, 0.25) is 0 Å². The molecule has 0 aliphatic carbocycles. The Labute approximate surface area is 71.2 Å². The van der Waals surface area contributed by atoms with Crippen molar-refractivity contribution in [2.24, 2.45) is 0 Å². The van der Waals surface area contributed by atoms with Crippen LogP contribution >= 0.6 is 39.0 Å². The molecule has 0 aliphatic rings. The number of hydrogen-bond donors (Lipinski definition) is 0. The number of halogens is 2. The predicted octanol–water partition coefficient (Wildman–Crippen LogP) is -2.18. The van der Waals surface area contributed by atoms with E-state index in [1.54, 1.807) is 0 Å². The van der Waals surface area contributed by atoms with Crippen LogP contribution in [0.15, 0.2) is 0 Å². The van der Waals surface area contributed by atoms with Crippen molar-refractivity contribution >= 4 is 46.3 Å². The van der Waals surface area contributed by atoms with E-state index in [1.807, 2.05) is 0 Å². The largest absolute Gasteiger partial charge is 0.907 e. The fourth-order valence-corrected chi connectivity index (χ4v) is 0. The normalized spacial score (nSPS) is 6.43. The Morgan fingerprint density at radius 3 is 1.14 bits per heavy atom. The molecule has 0 rings (SSSR count). The molecular formula is BI2O3Pd. The minimum Gasteiger partial charge on any atom is -0.907 e. The summed E-state index contributed by atoms with van der Waals surface area (Å²) in [5.41, 5.74) is 0. The van der Waals surface area contributed by atoms with E-state index < -0.39 is 7.32 Å². The number of rotatable bonds is 0. The second-order valence-electron chi connectivity index (χ2n) is 0.334. The maximum atomic E-state index is 8.42. The molecule has 0 saturated heterocycles. The minimum atomic E-state index is -2.92. The van der Waals surface area contributed by atoms with Crippen molar-refractivity contribution in [3.8, 4) is 0 Å². The average Bonchev–Trinajstić information content (AvgIpc) is 1.33. The maximum Gasteiger partial charge on any atom is -0.278 e. The molecule has 0 atom stereocenters. The molecule has 0 saturated carbocycles. The van der Waals surface area contributed by atoms with Gasteiger partial charge in [-0.2, -0.15) is 0 Å². The zero-order chi connectivity index (χ0) is 6.28. The SMILES string of the molecule is [I][Pd+3][I].[O-]B([O-])[O-]. The fourth-order valence-electron chi connectivity index (χ4n) is 0. The molecule has 0 aliphatic heterocycles. The van der Waals surface area contributed by atoms with Crippen molar-refractivity contribution in [3.63, 3.8) is 0 Å². The topological polar surface area (TPSA) is 69.2 Å². The van der Waals surface area contributed by atoms with Gasteiger partial charge in [0.2, 0.25) is 0 Å². The van der Waals surface area contributed by atoms with Crippen LogP contribution in [0.25, 0.3) is 0 Å². The molecule has 7 heteroatoms. The standard InChI is InChI=1S/BO3.2HI.Pd/c2-1(3)4;;;/h;2*1H;/q-3;;;+5/p-2. The first-order valence-corrected chi connectivity index (χ1v) is 10.2. The summed E-state index contributed by atoms with van der Waals surface area (Å²) in [5, 5.41) is 25.2. The van der Waals surface area contributed by atoms with Crippen molar-refractivity contribution in [3.05, 3.63) is 0 Å². The summed E-state index contributed by atoms with van der Waals surface area (Å²) >= 11 is 4.65. The van der Waals surface area contributed by atoms with E-state index in [0.717, 1.165) is 10.8 Å². The fraction of sp³-hybridized carbons (Fsp3) is 0. The maximum absolute atomic E-state index is 8.42. The monoisotopic (exact) mass is 419 g/mol. The van der Waals surface area contributed by atoms with Gasteiger partial charge in [-0.1, -0.05) is 0 Å². The number of hydrogen-bond acceptors (Lipinski definition) is 3. The minimum absolute atomic E-state index is 0.890. The van der Waals surface area contributed by atoms with E-state index in [1.165, 1.54) is 0 Å². The predicted molar refractivity (Wildman–Crippen MR) is 33.8 cm³/mol. The van der Waals surface area contributed by atoms with Crippen LogP contribution < -0.4 is 15.1 Å². The molecule has 0 N–H and O–H groups in total. The van der Waals surface area contributed by atoms with Crippen LogP contribution in [0.4, 0.5) is 0 Å². The van der Waals surface area contributed by atoms with E-state index in [2.05, 4.69) is 39.0 Å². The molecule has 3 nitrogen and oxygen atoms in total. The average molecular weight is 419 g/mol. The summed E-state index contributed by atoms with van der Waals surface area (Å²) in [5.74, 6) is 0. The Bertz CT molecular complexity index is 24.1. The molecule has 0 amide bonds. The third-order valence-corrected chi connectivity index (χ3v) is 0. The smallest absolute Gasteiger partial charge is 0.278 e. The van der Waals surface area contributed by atoms with Gasteiger partial charge in [0.25, 0.3) is 0 Å². The summed E-state index contributed by atoms with van der Waals surface area (Å²) in [6.07, 6.45) is 0. The van der Waals surface area contributed by atoms with Gasteiger partial charge in [-0.25, -0.2) is 0 Å². The summed E-state index contributed by atoms with van der Waals surface area (Å²) in [6.45, 7) is 0. The molecule has 0 aromatic rings. The quantitative estimate of drug-likeness (QED) is 0.332. The summed E-state index contributed by atoms with van der Waals surface area (Å²) in [6, 6.07) is 0. The van der Waals surface area contributed by atoms with Gasteiger partial charge in [-0.05, 0) is 0 Å².